The van der Waals surface area contributed by atoms with Crippen LogP contribution in [-0.4, -0.2) is 23.0 Å². The maximum absolute atomic E-state index is 11.4. The smallest absolute Gasteiger partial charge is 0.357 e. The number of aryl methyl sites for hydroxylation is 1. The third-order valence-electron chi connectivity index (χ3n) is 2.13. The van der Waals surface area contributed by atoms with E-state index in [2.05, 4.69) is 30.6 Å². The first-order valence-electron chi connectivity index (χ1n) is 4.78. The number of thiazole rings is 1. The fraction of sp³-hybridized carbons (Fsp3) is 0.182. The van der Waals surface area contributed by atoms with Crippen molar-refractivity contribution in [1.29, 1.82) is 0 Å². The average Bonchev–Trinajstić information content (AvgIpc) is 2.70. The SMILES string of the molecule is COC(=O)c1nc(-c2cncc(Br)c2)sc1C. The van der Waals surface area contributed by atoms with Gasteiger partial charge in [0.2, 0.25) is 0 Å². The Morgan fingerprint density at radius 2 is 2.24 bits per heavy atom. The number of carbonyl (C=O) groups excluding carboxylic acids is 1. The van der Waals surface area contributed by atoms with Crippen LogP contribution in [0.5, 0.6) is 0 Å². The van der Waals surface area contributed by atoms with Crippen molar-refractivity contribution in [2.24, 2.45) is 0 Å². The highest BCUT2D eigenvalue weighted by molar-refractivity contribution is 9.10. The minimum Gasteiger partial charge on any atom is -0.464 e. The second kappa shape index (κ2) is 4.93. The van der Waals surface area contributed by atoms with Crippen molar-refractivity contribution >= 4 is 33.2 Å². The predicted octanol–water partition coefficient (Wildman–Crippen LogP) is 3.06. The van der Waals surface area contributed by atoms with Crippen LogP contribution < -0.4 is 0 Å². The molecule has 2 aromatic heterocycles. The first-order chi connectivity index (χ1) is 8.11. The second-order valence-corrected chi connectivity index (χ2v) is 5.43. The molecule has 0 bridgehead atoms. The Morgan fingerprint density at radius 3 is 2.88 bits per heavy atom. The molecule has 0 aliphatic heterocycles. The van der Waals surface area contributed by atoms with Crippen molar-refractivity contribution < 1.29 is 9.53 Å². The number of halogens is 1. The summed E-state index contributed by atoms with van der Waals surface area (Å²) in [6.45, 7) is 1.85. The van der Waals surface area contributed by atoms with E-state index in [-0.39, 0.29) is 0 Å². The molecule has 0 aliphatic carbocycles. The Kier molecular flexibility index (Phi) is 3.54. The normalized spacial score (nSPS) is 10.3. The summed E-state index contributed by atoms with van der Waals surface area (Å²) in [6.07, 6.45) is 3.41. The first kappa shape index (κ1) is 12.2. The van der Waals surface area contributed by atoms with Crippen LogP contribution in [0, 0.1) is 6.92 Å². The van der Waals surface area contributed by atoms with Crippen molar-refractivity contribution in [3.05, 3.63) is 33.5 Å². The van der Waals surface area contributed by atoms with E-state index in [1.807, 2.05) is 13.0 Å². The standard InChI is InChI=1S/C11H9BrN2O2S/c1-6-9(11(15)16-2)14-10(17-6)7-3-8(12)5-13-4-7/h3-5H,1-2H3. The summed E-state index contributed by atoms with van der Waals surface area (Å²) in [5.74, 6) is -0.409. The summed E-state index contributed by atoms with van der Waals surface area (Å²) in [4.78, 5) is 20.6. The molecule has 0 unspecified atom stereocenters. The maximum atomic E-state index is 11.4. The summed E-state index contributed by atoms with van der Waals surface area (Å²) in [6, 6.07) is 1.91. The lowest BCUT2D eigenvalue weighted by Crippen LogP contribution is -2.03. The van der Waals surface area contributed by atoms with E-state index in [0.29, 0.717) is 5.69 Å². The number of esters is 1. The number of aromatic nitrogens is 2. The van der Waals surface area contributed by atoms with Gasteiger partial charge in [-0.15, -0.1) is 11.3 Å². The highest BCUT2D eigenvalue weighted by Gasteiger charge is 2.16. The molecule has 6 heteroatoms. The molecule has 0 aliphatic rings. The summed E-state index contributed by atoms with van der Waals surface area (Å²) in [5.41, 5.74) is 1.25. The molecule has 0 aromatic carbocycles. The maximum Gasteiger partial charge on any atom is 0.357 e. The lowest BCUT2D eigenvalue weighted by atomic mass is 10.3. The minimum atomic E-state index is -0.409. The van der Waals surface area contributed by atoms with Crippen molar-refractivity contribution in [2.45, 2.75) is 6.92 Å². The van der Waals surface area contributed by atoms with E-state index >= 15 is 0 Å². The van der Waals surface area contributed by atoms with Crippen molar-refractivity contribution in [3.63, 3.8) is 0 Å². The molecule has 0 saturated heterocycles. The third kappa shape index (κ3) is 2.53. The van der Waals surface area contributed by atoms with Gasteiger partial charge < -0.3 is 4.74 Å². The fourth-order valence-corrected chi connectivity index (χ4v) is 2.58. The van der Waals surface area contributed by atoms with Crippen LogP contribution in [0.1, 0.15) is 15.4 Å². The van der Waals surface area contributed by atoms with Crippen LogP contribution >= 0.6 is 27.3 Å². The monoisotopic (exact) mass is 312 g/mol. The molecule has 0 amide bonds. The van der Waals surface area contributed by atoms with Gasteiger partial charge in [0.1, 0.15) is 5.01 Å². The zero-order valence-corrected chi connectivity index (χ0v) is 11.6. The number of carbonyl (C=O) groups is 1. The Morgan fingerprint density at radius 1 is 1.47 bits per heavy atom. The average molecular weight is 313 g/mol. The molecule has 2 heterocycles. The molecule has 88 valence electrons. The fourth-order valence-electron chi connectivity index (χ4n) is 1.33. The summed E-state index contributed by atoms with van der Waals surface area (Å²) < 4.78 is 5.55. The topological polar surface area (TPSA) is 52.1 Å². The molecule has 0 fully saturated rings. The van der Waals surface area contributed by atoms with Crippen molar-refractivity contribution in [3.8, 4) is 10.6 Å². The molecule has 17 heavy (non-hydrogen) atoms. The predicted molar refractivity (Wildman–Crippen MR) is 69.1 cm³/mol. The quantitative estimate of drug-likeness (QED) is 0.800. The molecule has 0 atom stereocenters. The number of methoxy groups -OCH3 is 1. The number of nitrogens with zero attached hydrogens (tertiary/aromatic N) is 2. The summed E-state index contributed by atoms with van der Waals surface area (Å²) in [5, 5.41) is 0.761. The van der Waals surface area contributed by atoms with Gasteiger partial charge in [-0.25, -0.2) is 9.78 Å². The van der Waals surface area contributed by atoms with E-state index in [1.54, 1.807) is 12.4 Å². The summed E-state index contributed by atoms with van der Waals surface area (Å²) in [7, 11) is 1.35. The lowest BCUT2D eigenvalue weighted by Gasteiger charge is -1.96. The van der Waals surface area contributed by atoms with Crippen LogP contribution in [0.15, 0.2) is 22.9 Å². The van der Waals surface area contributed by atoms with Gasteiger partial charge in [-0.1, -0.05) is 0 Å². The number of pyridine rings is 1. The first-order valence-corrected chi connectivity index (χ1v) is 6.39. The van der Waals surface area contributed by atoms with E-state index in [9.17, 15) is 4.79 Å². The zero-order valence-electron chi connectivity index (χ0n) is 9.23. The highest BCUT2D eigenvalue weighted by Crippen LogP contribution is 2.28. The summed E-state index contributed by atoms with van der Waals surface area (Å²) >= 11 is 4.80. The molecule has 0 spiro atoms. The van der Waals surface area contributed by atoms with E-state index in [4.69, 9.17) is 0 Å². The number of hydrogen-bond donors (Lipinski definition) is 0. The zero-order chi connectivity index (χ0) is 12.4. The van der Waals surface area contributed by atoms with Gasteiger partial charge >= 0.3 is 5.97 Å². The van der Waals surface area contributed by atoms with Gasteiger partial charge in [0.25, 0.3) is 0 Å². The van der Waals surface area contributed by atoms with Gasteiger partial charge in [0.05, 0.1) is 7.11 Å². The van der Waals surface area contributed by atoms with Crippen LogP contribution in [0.4, 0.5) is 0 Å². The largest absolute Gasteiger partial charge is 0.464 e. The van der Waals surface area contributed by atoms with Gasteiger partial charge in [-0.3, -0.25) is 4.98 Å². The number of rotatable bonds is 2. The van der Waals surface area contributed by atoms with E-state index < -0.39 is 5.97 Å². The van der Waals surface area contributed by atoms with Crippen LogP contribution in [-0.2, 0) is 4.74 Å². The van der Waals surface area contributed by atoms with Crippen LogP contribution in [0.2, 0.25) is 0 Å². The molecular formula is C11H9BrN2O2S. The van der Waals surface area contributed by atoms with Crippen LogP contribution in [0.3, 0.4) is 0 Å². The molecular weight excluding hydrogens is 304 g/mol. The van der Waals surface area contributed by atoms with E-state index in [1.165, 1.54) is 18.4 Å². The van der Waals surface area contributed by atoms with Crippen molar-refractivity contribution in [1.82, 2.24) is 9.97 Å². The third-order valence-corrected chi connectivity index (χ3v) is 3.58. The Balaban J connectivity index is 2.44. The molecule has 0 saturated carbocycles. The van der Waals surface area contributed by atoms with Crippen LogP contribution in [0.25, 0.3) is 10.6 Å². The Bertz CT molecular complexity index is 568. The Hall–Kier alpha value is -1.27. The minimum absolute atomic E-state index is 0.368. The molecule has 4 nitrogen and oxygen atoms in total. The van der Waals surface area contributed by atoms with Gasteiger partial charge in [-0.2, -0.15) is 0 Å². The molecule has 2 rings (SSSR count). The second-order valence-electron chi connectivity index (χ2n) is 3.31. The molecule has 0 radical (unpaired) electrons. The lowest BCUT2D eigenvalue weighted by molar-refractivity contribution is 0.0594. The van der Waals surface area contributed by atoms with Crippen molar-refractivity contribution in [2.75, 3.05) is 7.11 Å². The highest BCUT2D eigenvalue weighted by atomic mass is 79.9. The number of ether oxygens (including phenoxy) is 1. The number of hydrogen-bond acceptors (Lipinski definition) is 5. The molecule has 0 N–H and O–H groups in total. The van der Waals surface area contributed by atoms with E-state index in [0.717, 1.165) is 19.9 Å². The molecule has 2 aromatic rings. The van der Waals surface area contributed by atoms with Gasteiger partial charge in [0.15, 0.2) is 5.69 Å². The Labute approximate surface area is 111 Å². The van der Waals surface area contributed by atoms with Gasteiger partial charge in [0, 0.05) is 27.3 Å². The van der Waals surface area contributed by atoms with Gasteiger partial charge in [-0.05, 0) is 28.9 Å².